The molecule has 1 N–H and O–H groups in total. The number of rotatable bonds is 7. The van der Waals surface area contributed by atoms with Crippen molar-refractivity contribution in [1.29, 1.82) is 0 Å². The summed E-state index contributed by atoms with van der Waals surface area (Å²) in [4.78, 5) is 50.7. The Bertz CT molecular complexity index is 861. The van der Waals surface area contributed by atoms with Crippen LogP contribution in [0.4, 0.5) is 4.79 Å². The van der Waals surface area contributed by atoms with Gasteiger partial charge in [-0.25, -0.2) is 9.59 Å². The summed E-state index contributed by atoms with van der Waals surface area (Å²) in [5.41, 5.74) is 0.847. The van der Waals surface area contributed by atoms with Crippen LogP contribution in [-0.4, -0.2) is 63.9 Å². The summed E-state index contributed by atoms with van der Waals surface area (Å²) in [6.07, 6.45) is -1.94. The summed E-state index contributed by atoms with van der Waals surface area (Å²) in [5.74, 6) is -1.28. The molecule has 2 amide bonds. The lowest BCUT2D eigenvalue weighted by Crippen LogP contribution is -2.71. The Kier molecular flexibility index (Phi) is 6.78. The van der Waals surface area contributed by atoms with Crippen LogP contribution in [0.2, 0.25) is 0 Å². The normalized spacial score (nSPS) is 24.5. The number of hydrogen-bond donors (Lipinski definition) is 1. The predicted octanol–water partition coefficient (Wildman–Crippen LogP) is 1.84. The zero-order valence-corrected chi connectivity index (χ0v) is 18.6. The molecule has 10 heteroatoms. The molecule has 3 rings (SSSR count). The van der Waals surface area contributed by atoms with E-state index in [0.717, 1.165) is 5.56 Å². The van der Waals surface area contributed by atoms with E-state index in [-0.39, 0.29) is 30.2 Å². The molecule has 2 aliphatic rings. The van der Waals surface area contributed by atoms with Crippen molar-refractivity contribution in [3.63, 3.8) is 0 Å². The van der Waals surface area contributed by atoms with E-state index in [0.29, 0.717) is 0 Å². The molecule has 0 saturated carbocycles. The zero-order valence-electron chi connectivity index (χ0n) is 17.8. The second-order valence-electron chi connectivity index (χ2n) is 7.77. The van der Waals surface area contributed by atoms with Gasteiger partial charge in [0, 0.05) is 11.7 Å². The van der Waals surface area contributed by atoms with Gasteiger partial charge in [0.15, 0.2) is 0 Å². The standard InChI is InChI=1S/C21H26N2O7S/c1-5-28-20(27)30-12(2)29-19(26)16-21(3,4)31-18-15(17(25)23(16)18)22-14(24)11-13-9-7-6-8-10-13/h6-10,12,15-16,18H,5,11H2,1-4H3,(H,22,24)/t12?,15-,16+,18-/m1/s1. The van der Waals surface area contributed by atoms with Gasteiger partial charge in [-0.1, -0.05) is 30.3 Å². The Morgan fingerprint density at radius 1 is 1.19 bits per heavy atom. The maximum absolute atomic E-state index is 12.8. The van der Waals surface area contributed by atoms with Gasteiger partial charge in [0.25, 0.3) is 0 Å². The maximum Gasteiger partial charge on any atom is 0.511 e. The topological polar surface area (TPSA) is 111 Å². The average Bonchev–Trinajstić information content (AvgIpc) is 2.95. The predicted molar refractivity (Wildman–Crippen MR) is 112 cm³/mol. The Morgan fingerprint density at radius 3 is 2.52 bits per heavy atom. The highest BCUT2D eigenvalue weighted by Gasteiger charge is 2.64. The van der Waals surface area contributed by atoms with Crippen molar-refractivity contribution >= 4 is 35.7 Å². The third-order valence-electron chi connectivity index (χ3n) is 4.99. The number of β-lactam (4-membered cyclic amide) rings is 1. The molecule has 0 aromatic heterocycles. The molecule has 0 spiro atoms. The summed E-state index contributed by atoms with van der Waals surface area (Å²) in [6.45, 7) is 6.81. The van der Waals surface area contributed by atoms with Crippen LogP contribution in [-0.2, 0) is 35.0 Å². The van der Waals surface area contributed by atoms with Crippen LogP contribution in [0.25, 0.3) is 0 Å². The maximum atomic E-state index is 12.8. The lowest BCUT2D eigenvalue weighted by molar-refractivity contribution is -0.180. The molecular weight excluding hydrogens is 424 g/mol. The third kappa shape index (κ3) is 4.95. The molecule has 2 saturated heterocycles. The minimum Gasteiger partial charge on any atom is -0.435 e. The van der Waals surface area contributed by atoms with Crippen molar-refractivity contribution in [2.75, 3.05) is 6.61 Å². The second-order valence-corrected chi connectivity index (χ2v) is 9.54. The molecule has 0 bridgehead atoms. The van der Waals surface area contributed by atoms with Crippen molar-refractivity contribution in [1.82, 2.24) is 10.2 Å². The molecule has 0 radical (unpaired) electrons. The van der Waals surface area contributed by atoms with E-state index in [1.807, 2.05) is 44.2 Å². The number of ether oxygens (including phenoxy) is 3. The summed E-state index contributed by atoms with van der Waals surface area (Å²) in [5, 5.41) is 2.40. The Labute approximate surface area is 184 Å². The molecule has 4 atom stereocenters. The first-order chi connectivity index (χ1) is 14.6. The fourth-order valence-corrected chi connectivity index (χ4v) is 5.29. The molecule has 2 heterocycles. The highest BCUT2D eigenvalue weighted by Crippen LogP contribution is 2.51. The Morgan fingerprint density at radius 2 is 1.87 bits per heavy atom. The van der Waals surface area contributed by atoms with Crippen LogP contribution in [0, 0.1) is 0 Å². The van der Waals surface area contributed by atoms with Crippen LogP contribution in [0.3, 0.4) is 0 Å². The van der Waals surface area contributed by atoms with Gasteiger partial charge in [-0.2, -0.15) is 0 Å². The highest BCUT2D eigenvalue weighted by molar-refractivity contribution is 8.01. The number of esters is 1. The first-order valence-corrected chi connectivity index (χ1v) is 10.9. The number of benzene rings is 1. The van der Waals surface area contributed by atoms with Crippen LogP contribution >= 0.6 is 11.8 Å². The van der Waals surface area contributed by atoms with Gasteiger partial charge < -0.3 is 24.4 Å². The highest BCUT2D eigenvalue weighted by atomic mass is 32.2. The quantitative estimate of drug-likeness (QED) is 0.381. The number of amides is 2. The van der Waals surface area contributed by atoms with Crippen molar-refractivity contribution in [3.8, 4) is 0 Å². The molecule has 0 aliphatic carbocycles. The monoisotopic (exact) mass is 450 g/mol. The zero-order chi connectivity index (χ0) is 22.8. The number of carbonyl (C=O) groups excluding carboxylic acids is 4. The van der Waals surface area contributed by atoms with Gasteiger partial charge in [-0.15, -0.1) is 11.8 Å². The number of nitrogens with one attached hydrogen (secondary N) is 1. The summed E-state index contributed by atoms with van der Waals surface area (Å²) < 4.78 is 14.1. The summed E-state index contributed by atoms with van der Waals surface area (Å²) in [7, 11) is 0. The molecule has 1 aromatic carbocycles. The SMILES string of the molecule is CCOC(=O)OC(C)OC(=O)[C@@H]1N2C(=O)[C@@H](NC(=O)Cc3ccccc3)[C@H]2SC1(C)C. The Balaban J connectivity index is 1.60. The van der Waals surface area contributed by atoms with E-state index >= 15 is 0 Å². The smallest absolute Gasteiger partial charge is 0.435 e. The second kappa shape index (κ2) is 9.17. The van der Waals surface area contributed by atoms with Gasteiger partial charge in [0.1, 0.15) is 17.5 Å². The van der Waals surface area contributed by atoms with Crippen LogP contribution in [0.1, 0.15) is 33.3 Å². The molecular formula is C21H26N2O7S. The van der Waals surface area contributed by atoms with E-state index in [2.05, 4.69) is 10.1 Å². The van der Waals surface area contributed by atoms with Crippen molar-refractivity contribution in [2.24, 2.45) is 0 Å². The molecule has 2 aliphatic heterocycles. The summed E-state index contributed by atoms with van der Waals surface area (Å²) >= 11 is 1.42. The lowest BCUT2D eigenvalue weighted by atomic mass is 9.96. The van der Waals surface area contributed by atoms with Gasteiger partial charge in [-0.05, 0) is 26.3 Å². The first kappa shape index (κ1) is 22.9. The number of nitrogens with zero attached hydrogens (tertiary/aromatic N) is 1. The Hall–Kier alpha value is -2.75. The minimum atomic E-state index is -1.16. The minimum absolute atomic E-state index is 0.132. The van der Waals surface area contributed by atoms with E-state index < -0.39 is 35.2 Å². The van der Waals surface area contributed by atoms with E-state index in [1.165, 1.54) is 23.6 Å². The van der Waals surface area contributed by atoms with Gasteiger partial charge in [-0.3, -0.25) is 9.59 Å². The average molecular weight is 451 g/mol. The van der Waals surface area contributed by atoms with Gasteiger partial charge in [0.2, 0.25) is 18.1 Å². The van der Waals surface area contributed by atoms with E-state index in [1.54, 1.807) is 6.92 Å². The number of fused-ring (bicyclic) bond motifs is 1. The van der Waals surface area contributed by atoms with Crippen molar-refractivity contribution in [2.45, 2.75) is 62.6 Å². The molecule has 1 aromatic rings. The first-order valence-electron chi connectivity index (χ1n) is 10.0. The molecule has 31 heavy (non-hydrogen) atoms. The largest absolute Gasteiger partial charge is 0.511 e. The summed E-state index contributed by atoms with van der Waals surface area (Å²) in [6, 6.07) is 7.66. The third-order valence-corrected chi connectivity index (χ3v) is 6.57. The van der Waals surface area contributed by atoms with Crippen LogP contribution < -0.4 is 5.32 Å². The fourth-order valence-electron chi connectivity index (χ4n) is 3.67. The van der Waals surface area contributed by atoms with Crippen molar-refractivity contribution < 1.29 is 33.4 Å². The number of thioether (sulfide) groups is 1. The number of carbonyl (C=O) groups is 4. The molecule has 168 valence electrons. The number of hydrogen-bond acceptors (Lipinski definition) is 8. The van der Waals surface area contributed by atoms with E-state index in [4.69, 9.17) is 9.47 Å². The molecule has 1 unspecified atom stereocenters. The fraction of sp³-hybridized carbons (Fsp3) is 0.524. The molecule has 9 nitrogen and oxygen atoms in total. The van der Waals surface area contributed by atoms with Gasteiger partial charge in [0.05, 0.1) is 13.0 Å². The van der Waals surface area contributed by atoms with Gasteiger partial charge >= 0.3 is 12.1 Å². The van der Waals surface area contributed by atoms with E-state index in [9.17, 15) is 19.2 Å². The van der Waals surface area contributed by atoms with Crippen LogP contribution in [0.5, 0.6) is 0 Å². The molecule has 2 fully saturated rings. The lowest BCUT2D eigenvalue weighted by Gasteiger charge is -2.44. The van der Waals surface area contributed by atoms with Crippen LogP contribution in [0.15, 0.2) is 30.3 Å². The van der Waals surface area contributed by atoms with Crippen molar-refractivity contribution in [3.05, 3.63) is 35.9 Å².